The Kier molecular flexibility index (Phi) is 6.49. The lowest BCUT2D eigenvalue weighted by Crippen LogP contribution is -2.42. The van der Waals surface area contributed by atoms with E-state index in [4.69, 9.17) is 4.55 Å². The third-order valence-corrected chi connectivity index (χ3v) is 2.96. The molecule has 0 unspecified atom stereocenters. The van der Waals surface area contributed by atoms with E-state index in [0.717, 1.165) is 12.1 Å². The number of rotatable bonds is 4. The summed E-state index contributed by atoms with van der Waals surface area (Å²) in [5.74, 6) is -1.68. The summed E-state index contributed by atoms with van der Waals surface area (Å²) in [5, 5.41) is 24.0. The Morgan fingerprint density at radius 3 is 2.38 bits per heavy atom. The van der Waals surface area contributed by atoms with E-state index in [1.54, 1.807) is 0 Å². The van der Waals surface area contributed by atoms with Crippen molar-refractivity contribution in [1.29, 1.82) is 0 Å². The van der Waals surface area contributed by atoms with Crippen molar-refractivity contribution < 1.29 is 32.0 Å². The quantitative estimate of drug-likeness (QED) is 0.667. The van der Waals surface area contributed by atoms with Crippen LogP contribution in [0.4, 0.5) is 8.78 Å². The fourth-order valence-corrected chi connectivity index (χ4v) is 1.84. The SMILES string of the molecule is CS(=O)(=O)O.C[C@H](O)[C@@](O)(Cn1cncn1)c1ccc(F)cc1F. The molecular formula is C13H17F2N3O5S. The van der Waals surface area contributed by atoms with E-state index in [2.05, 4.69) is 10.1 Å². The van der Waals surface area contributed by atoms with Gasteiger partial charge in [-0.15, -0.1) is 0 Å². The molecule has 0 radical (unpaired) electrons. The van der Waals surface area contributed by atoms with Crippen molar-refractivity contribution in [3.8, 4) is 0 Å². The van der Waals surface area contributed by atoms with Crippen LogP contribution in [0.25, 0.3) is 0 Å². The zero-order valence-corrected chi connectivity index (χ0v) is 13.7. The molecule has 1 aromatic carbocycles. The van der Waals surface area contributed by atoms with Gasteiger partial charge in [-0.1, -0.05) is 6.07 Å². The Morgan fingerprint density at radius 2 is 1.96 bits per heavy atom. The predicted molar refractivity (Wildman–Crippen MR) is 79.4 cm³/mol. The number of nitrogens with zero attached hydrogens (tertiary/aromatic N) is 3. The van der Waals surface area contributed by atoms with E-state index in [1.165, 1.54) is 24.3 Å². The number of halogens is 2. The Labute approximate surface area is 137 Å². The van der Waals surface area contributed by atoms with Gasteiger partial charge < -0.3 is 10.2 Å². The molecule has 0 aliphatic rings. The predicted octanol–water partition coefficient (Wildman–Crippen LogP) is 0.329. The molecule has 1 aromatic heterocycles. The average molecular weight is 365 g/mol. The van der Waals surface area contributed by atoms with Crippen LogP contribution in [0, 0.1) is 11.6 Å². The first-order chi connectivity index (χ1) is 10.9. The first-order valence-electron chi connectivity index (χ1n) is 6.54. The minimum absolute atomic E-state index is 0.195. The Morgan fingerprint density at radius 1 is 1.38 bits per heavy atom. The van der Waals surface area contributed by atoms with Crippen LogP contribution < -0.4 is 0 Å². The first kappa shape index (κ1) is 20.1. The molecule has 0 bridgehead atoms. The van der Waals surface area contributed by atoms with Gasteiger partial charge in [-0.25, -0.2) is 18.4 Å². The summed E-state index contributed by atoms with van der Waals surface area (Å²) in [7, 11) is -3.67. The smallest absolute Gasteiger partial charge is 0.261 e. The van der Waals surface area contributed by atoms with E-state index in [-0.39, 0.29) is 12.1 Å². The Bertz CT molecular complexity index is 760. The van der Waals surface area contributed by atoms with Crippen molar-refractivity contribution in [3.63, 3.8) is 0 Å². The van der Waals surface area contributed by atoms with Crippen LogP contribution in [0.5, 0.6) is 0 Å². The summed E-state index contributed by atoms with van der Waals surface area (Å²) in [6, 6.07) is 2.78. The Hall–Kier alpha value is -1.95. The van der Waals surface area contributed by atoms with Gasteiger partial charge in [0, 0.05) is 11.6 Å². The van der Waals surface area contributed by atoms with E-state index < -0.39 is 33.5 Å². The summed E-state index contributed by atoms with van der Waals surface area (Å²) in [6.07, 6.45) is 2.02. The van der Waals surface area contributed by atoms with Gasteiger partial charge in [-0.3, -0.25) is 4.55 Å². The molecule has 3 N–H and O–H groups in total. The summed E-state index contributed by atoms with van der Waals surface area (Å²) < 4.78 is 53.8. The highest BCUT2D eigenvalue weighted by Gasteiger charge is 2.38. The average Bonchev–Trinajstić information content (AvgIpc) is 2.88. The van der Waals surface area contributed by atoms with Gasteiger partial charge in [0.25, 0.3) is 10.1 Å². The van der Waals surface area contributed by atoms with E-state index in [0.29, 0.717) is 12.3 Å². The van der Waals surface area contributed by atoms with Crippen LogP contribution >= 0.6 is 0 Å². The Balaban J connectivity index is 0.000000505. The molecule has 2 aromatic rings. The van der Waals surface area contributed by atoms with Crippen molar-refractivity contribution in [2.24, 2.45) is 0 Å². The number of aliphatic hydroxyl groups is 2. The normalized spacial score (nSPS) is 15.1. The third kappa shape index (κ3) is 5.92. The van der Waals surface area contributed by atoms with Crippen molar-refractivity contribution in [1.82, 2.24) is 14.8 Å². The molecule has 0 saturated carbocycles. The van der Waals surface area contributed by atoms with Gasteiger partial charge in [0.05, 0.1) is 18.9 Å². The second-order valence-corrected chi connectivity index (χ2v) is 6.52. The van der Waals surface area contributed by atoms with Crippen LogP contribution in [0.3, 0.4) is 0 Å². The lowest BCUT2D eigenvalue weighted by Gasteiger charge is -2.31. The largest absolute Gasteiger partial charge is 0.390 e. The van der Waals surface area contributed by atoms with Gasteiger partial charge in [0.15, 0.2) is 0 Å². The number of benzene rings is 1. The summed E-state index contributed by atoms with van der Waals surface area (Å²) in [4.78, 5) is 3.70. The number of hydrogen-bond acceptors (Lipinski definition) is 6. The van der Waals surface area contributed by atoms with Crippen LogP contribution in [-0.4, -0.2) is 50.3 Å². The van der Waals surface area contributed by atoms with E-state index >= 15 is 0 Å². The molecule has 8 nitrogen and oxygen atoms in total. The monoisotopic (exact) mass is 365 g/mol. The second kappa shape index (κ2) is 7.75. The number of aliphatic hydroxyl groups excluding tert-OH is 1. The van der Waals surface area contributed by atoms with Gasteiger partial charge in [-0.2, -0.15) is 13.5 Å². The molecule has 1 heterocycles. The fourth-order valence-electron chi connectivity index (χ4n) is 1.84. The molecule has 11 heteroatoms. The van der Waals surface area contributed by atoms with Gasteiger partial charge >= 0.3 is 0 Å². The van der Waals surface area contributed by atoms with Gasteiger partial charge in [0.1, 0.15) is 29.9 Å². The number of hydrogen-bond donors (Lipinski definition) is 3. The van der Waals surface area contributed by atoms with Crippen LogP contribution in [0.15, 0.2) is 30.9 Å². The van der Waals surface area contributed by atoms with Crippen LogP contribution in [0.2, 0.25) is 0 Å². The molecule has 0 fully saturated rings. The molecule has 2 atom stereocenters. The lowest BCUT2D eigenvalue weighted by atomic mass is 9.88. The minimum atomic E-state index is -3.67. The van der Waals surface area contributed by atoms with Gasteiger partial charge in [0.2, 0.25) is 0 Å². The molecule has 0 spiro atoms. The van der Waals surface area contributed by atoms with Crippen molar-refractivity contribution >= 4 is 10.1 Å². The molecule has 2 rings (SSSR count). The van der Waals surface area contributed by atoms with E-state index in [9.17, 15) is 27.4 Å². The second-order valence-electron chi connectivity index (χ2n) is 5.05. The molecule has 24 heavy (non-hydrogen) atoms. The summed E-state index contributed by atoms with van der Waals surface area (Å²) in [5.41, 5.74) is -2.12. The highest BCUT2D eigenvalue weighted by atomic mass is 32.2. The third-order valence-electron chi connectivity index (χ3n) is 2.96. The molecular weight excluding hydrogens is 348 g/mol. The van der Waals surface area contributed by atoms with E-state index in [1.807, 2.05) is 0 Å². The van der Waals surface area contributed by atoms with Gasteiger partial charge in [-0.05, 0) is 13.0 Å². The molecule has 0 amide bonds. The number of aromatic nitrogens is 3. The maximum absolute atomic E-state index is 13.8. The maximum atomic E-state index is 13.8. The van der Waals surface area contributed by atoms with Crippen molar-refractivity contribution in [3.05, 3.63) is 48.1 Å². The zero-order chi connectivity index (χ0) is 18.5. The topological polar surface area (TPSA) is 126 Å². The molecule has 0 aliphatic carbocycles. The van der Waals surface area contributed by atoms with Crippen LogP contribution in [0.1, 0.15) is 12.5 Å². The minimum Gasteiger partial charge on any atom is -0.390 e. The van der Waals surface area contributed by atoms with Crippen LogP contribution in [-0.2, 0) is 22.3 Å². The molecule has 134 valence electrons. The standard InChI is InChI=1S/C12H13F2N3O2.CH4O3S/c1-8(18)12(19,5-17-7-15-6-16-17)10-3-2-9(13)4-11(10)14;1-5(2,3)4/h2-4,6-8,18-19H,5H2,1H3;1H3,(H,2,3,4)/t8-,12-;/m0./s1. The molecule has 0 saturated heterocycles. The fraction of sp³-hybridized carbons (Fsp3) is 0.385. The van der Waals surface area contributed by atoms with Crippen molar-refractivity contribution in [2.45, 2.75) is 25.2 Å². The summed E-state index contributed by atoms with van der Waals surface area (Å²) >= 11 is 0. The highest BCUT2D eigenvalue weighted by Crippen LogP contribution is 2.29. The first-order valence-corrected chi connectivity index (χ1v) is 8.39. The van der Waals surface area contributed by atoms with Crippen molar-refractivity contribution in [2.75, 3.05) is 6.26 Å². The maximum Gasteiger partial charge on any atom is 0.261 e. The highest BCUT2D eigenvalue weighted by molar-refractivity contribution is 7.85. The zero-order valence-electron chi connectivity index (χ0n) is 12.8. The lowest BCUT2D eigenvalue weighted by molar-refractivity contribution is -0.0874. The molecule has 0 aliphatic heterocycles. The summed E-state index contributed by atoms with van der Waals surface area (Å²) in [6.45, 7) is 1.12.